The van der Waals surface area contributed by atoms with Gasteiger partial charge in [-0.25, -0.2) is 5.43 Å². The first-order chi connectivity index (χ1) is 12.1. The average molecular weight is 453 g/mol. The first-order valence-electron chi connectivity index (χ1n) is 7.93. The molecule has 0 bridgehead atoms. The van der Waals surface area contributed by atoms with Crippen molar-refractivity contribution in [1.82, 2.24) is 15.0 Å². The number of hydrogen-bond acceptors (Lipinski definition) is 8. The van der Waals surface area contributed by atoms with E-state index >= 15 is 0 Å². The van der Waals surface area contributed by atoms with Crippen molar-refractivity contribution >= 4 is 46.7 Å². The number of morpholine rings is 1. The van der Waals surface area contributed by atoms with Crippen molar-refractivity contribution in [3.63, 3.8) is 0 Å². The van der Waals surface area contributed by atoms with Gasteiger partial charge in [0.25, 0.3) is 0 Å². The van der Waals surface area contributed by atoms with Crippen LogP contribution in [0.25, 0.3) is 0 Å². The minimum Gasteiger partial charge on any atom is -0.378 e. The molecule has 1 fully saturated rings. The molecule has 2 aromatic rings. The van der Waals surface area contributed by atoms with Crippen molar-refractivity contribution in [1.29, 1.82) is 0 Å². The van der Waals surface area contributed by atoms with E-state index in [0.717, 1.165) is 22.2 Å². The molecule has 132 valence electrons. The number of ether oxygens (including phenoxy) is 1. The number of halogens is 1. The van der Waals surface area contributed by atoms with E-state index in [0.29, 0.717) is 31.1 Å². The van der Waals surface area contributed by atoms with Gasteiger partial charge in [0.15, 0.2) is 0 Å². The summed E-state index contributed by atoms with van der Waals surface area (Å²) in [4.78, 5) is 17.3. The van der Waals surface area contributed by atoms with Gasteiger partial charge in [0.05, 0.1) is 19.4 Å². The highest BCUT2D eigenvalue weighted by atomic mass is 127. The van der Waals surface area contributed by atoms with Gasteiger partial charge in [0.2, 0.25) is 17.8 Å². The van der Waals surface area contributed by atoms with Crippen LogP contribution in [0, 0.1) is 3.57 Å². The molecule has 0 unspecified atom stereocenters. The normalized spacial score (nSPS) is 14.8. The molecule has 0 radical (unpaired) electrons. The minimum absolute atomic E-state index is 0.419. The van der Waals surface area contributed by atoms with E-state index in [9.17, 15) is 0 Å². The largest absolute Gasteiger partial charge is 0.378 e. The zero-order valence-corrected chi connectivity index (χ0v) is 16.3. The van der Waals surface area contributed by atoms with Crippen LogP contribution in [0.2, 0.25) is 0 Å². The summed E-state index contributed by atoms with van der Waals surface area (Å²) in [5.41, 5.74) is 3.95. The monoisotopic (exact) mass is 453 g/mol. The van der Waals surface area contributed by atoms with E-state index in [1.54, 1.807) is 6.21 Å². The van der Waals surface area contributed by atoms with Gasteiger partial charge in [-0.3, -0.25) is 0 Å². The van der Waals surface area contributed by atoms with Crippen LogP contribution in [0.1, 0.15) is 5.56 Å². The molecule has 1 aliphatic rings. The second kappa shape index (κ2) is 8.39. The lowest BCUT2D eigenvalue weighted by Crippen LogP contribution is -2.37. The molecule has 0 amide bonds. The Morgan fingerprint density at radius 2 is 1.96 bits per heavy atom. The Balaban J connectivity index is 1.80. The summed E-state index contributed by atoms with van der Waals surface area (Å²) >= 11 is 2.28. The molecular weight excluding hydrogens is 433 g/mol. The summed E-state index contributed by atoms with van der Waals surface area (Å²) in [5, 5.41) is 4.27. The topological polar surface area (TPSA) is 78.8 Å². The summed E-state index contributed by atoms with van der Waals surface area (Å²) < 4.78 is 6.52. The average Bonchev–Trinajstić information content (AvgIpc) is 2.64. The fraction of sp³-hybridized carbons (Fsp3) is 0.375. The molecule has 1 saturated heterocycles. The molecule has 3 rings (SSSR count). The third-order valence-corrected chi connectivity index (χ3v) is 4.56. The molecular formula is C16H20IN7O. The maximum atomic E-state index is 5.39. The Hall–Kier alpha value is -2.01. The molecule has 1 N–H and O–H groups in total. The third kappa shape index (κ3) is 4.75. The summed E-state index contributed by atoms with van der Waals surface area (Å²) in [6.45, 7) is 2.89. The van der Waals surface area contributed by atoms with Crippen LogP contribution in [0.15, 0.2) is 29.4 Å². The predicted molar refractivity (Wildman–Crippen MR) is 108 cm³/mol. The van der Waals surface area contributed by atoms with E-state index in [2.05, 4.69) is 53.0 Å². The summed E-state index contributed by atoms with van der Waals surface area (Å²) in [7, 11) is 3.80. The van der Waals surface area contributed by atoms with Gasteiger partial charge in [0, 0.05) is 36.3 Å². The van der Waals surface area contributed by atoms with Gasteiger partial charge in [-0.2, -0.15) is 20.1 Å². The highest BCUT2D eigenvalue weighted by Crippen LogP contribution is 2.16. The number of anilines is 3. The molecule has 9 heteroatoms. The number of aromatic nitrogens is 3. The predicted octanol–water partition coefficient (Wildman–Crippen LogP) is 1.82. The SMILES string of the molecule is CN(C)c1nc(N/N=C/c2ccccc2I)nc(N2CCOCC2)n1. The lowest BCUT2D eigenvalue weighted by atomic mass is 10.2. The molecule has 25 heavy (non-hydrogen) atoms. The van der Waals surface area contributed by atoms with Crippen molar-refractivity contribution in [3.8, 4) is 0 Å². The Bertz CT molecular complexity index is 747. The van der Waals surface area contributed by atoms with E-state index < -0.39 is 0 Å². The van der Waals surface area contributed by atoms with Crippen LogP contribution in [0.3, 0.4) is 0 Å². The molecule has 2 heterocycles. The van der Waals surface area contributed by atoms with Gasteiger partial charge in [-0.15, -0.1) is 0 Å². The molecule has 1 aromatic heterocycles. The number of benzene rings is 1. The third-order valence-electron chi connectivity index (χ3n) is 3.58. The van der Waals surface area contributed by atoms with Crippen molar-refractivity contribution in [2.24, 2.45) is 5.10 Å². The van der Waals surface area contributed by atoms with Crippen molar-refractivity contribution in [2.75, 3.05) is 55.6 Å². The maximum Gasteiger partial charge on any atom is 0.250 e. The molecule has 0 aliphatic carbocycles. The van der Waals surface area contributed by atoms with Crippen LogP contribution < -0.4 is 15.2 Å². The summed E-state index contributed by atoms with van der Waals surface area (Å²) in [6.07, 6.45) is 1.76. The molecule has 0 spiro atoms. The van der Waals surface area contributed by atoms with Crippen molar-refractivity contribution in [2.45, 2.75) is 0 Å². The molecule has 8 nitrogen and oxygen atoms in total. The van der Waals surface area contributed by atoms with Gasteiger partial charge in [0.1, 0.15) is 0 Å². The number of hydrazone groups is 1. The Morgan fingerprint density at radius 3 is 2.68 bits per heavy atom. The van der Waals surface area contributed by atoms with Crippen LogP contribution >= 0.6 is 22.6 Å². The fourth-order valence-corrected chi connectivity index (χ4v) is 2.77. The van der Waals surface area contributed by atoms with Gasteiger partial charge in [-0.05, 0) is 28.7 Å². The van der Waals surface area contributed by atoms with Crippen molar-refractivity contribution < 1.29 is 4.74 Å². The highest BCUT2D eigenvalue weighted by molar-refractivity contribution is 14.1. The van der Waals surface area contributed by atoms with E-state index in [1.807, 2.05) is 43.3 Å². The highest BCUT2D eigenvalue weighted by Gasteiger charge is 2.17. The Morgan fingerprint density at radius 1 is 1.20 bits per heavy atom. The standard InChI is InChI=1S/C16H20IN7O/c1-23(2)15-19-14(20-16(21-15)24-7-9-25-10-8-24)22-18-11-12-5-3-4-6-13(12)17/h3-6,11H,7-10H2,1-2H3,(H,19,20,21,22)/b18-11+. The zero-order chi connectivity index (χ0) is 17.6. The first kappa shape index (κ1) is 17.8. The van der Waals surface area contributed by atoms with Crippen LogP contribution in [0.4, 0.5) is 17.8 Å². The lowest BCUT2D eigenvalue weighted by Gasteiger charge is -2.27. The number of nitrogens with zero attached hydrogens (tertiary/aromatic N) is 6. The van der Waals surface area contributed by atoms with E-state index in [1.165, 1.54) is 0 Å². The summed E-state index contributed by atoms with van der Waals surface area (Å²) in [5.74, 6) is 1.64. The van der Waals surface area contributed by atoms with Crippen LogP contribution in [-0.2, 0) is 4.74 Å². The Kier molecular flexibility index (Phi) is 5.97. The second-order valence-electron chi connectivity index (χ2n) is 5.64. The zero-order valence-electron chi connectivity index (χ0n) is 14.2. The quantitative estimate of drug-likeness (QED) is 0.421. The number of rotatable bonds is 5. The number of hydrogen-bond donors (Lipinski definition) is 1. The molecule has 0 saturated carbocycles. The van der Waals surface area contributed by atoms with E-state index in [-0.39, 0.29) is 0 Å². The molecule has 0 atom stereocenters. The van der Waals surface area contributed by atoms with E-state index in [4.69, 9.17) is 4.74 Å². The number of nitrogens with one attached hydrogen (secondary N) is 1. The first-order valence-corrected chi connectivity index (χ1v) is 9.01. The minimum atomic E-state index is 0.419. The van der Waals surface area contributed by atoms with Crippen molar-refractivity contribution in [3.05, 3.63) is 33.4 Å². The Labute approximate surface area is 160 Å². The van der Waals surface area contributed by atoms with Gasteiger partial charge >= 0.3 is 0 Å². The second-order valence-corrected chi connectivity index (χ2v) is 6.81. The lowest BCUT2D eigenvalue weighted by molar-refractivity contribution is 0.122. The smallest absolute Gasteiger partial charge is 0.250 e. The molecule has 1 aromatic carbocycles. The van der Waals surface area contributed by atoms with Crippen LogP contribution in [0.5, 0.6) is 0 Å². The maximum absolute atomic E-state index is 5.39. The van der Waals surface area contributed by atoms with Gasteiger partial charge in [-0.1, -0.05) is 18.2 Å². The van der Waals surface area contributed by atoms with Gasteiger partial charge < -0.3 is 14.5 Å². The summed E-state index contributed by atoms with van der Waals surface area (Å²) in [6, 6.07) is 8.01. The van der Waals surface area contributed by atoms with Crippen LogP contribution in [-0.4, -0.2) is 61.6 Å². The molecule has 1 aliphatic heterocycles. The fourth-order valence-electron chi connectivity index (χ4n) is 2.25.